The number of carboxylic acids is 1. The van der Waals surface area contributed by atoms with Crippen LogP contribution in [0.4, 0.5) is 5.69 Å². The van der Waals surface area contributed by atoms with Crippen LogP contribution < -0.4 is 10.1 Å². The van der Waals surface area contributed by atoms with E-state index in [0.29, 0.717) is 6.54 Å². The molecule has 0 unspecified atom stereocenters. The normalized spacial score (nSPS) is 10.2. The van der Waals surface area contributed by atoms with Gasteiger partial charge in [-0.1, -0.05) is 0 Å². The van der Waals surface area contributed by atoms with E-state index in [2.05, 4.69) is 10.3 Å². The standard InChI is InChI=1S/C16H18N2O3/c1-10-4-12(16(19)20)6-14(5-10)18-8-13-7-17-9-15(21-3)11(13)2/h4-7,9,18H,8H2,1-3H3,(H,19,20). The van der Waals surface area contributed by atoms with E-state index in [4.69, 9.17) is 9.84 Å². The Morgan fingerprint density at radius 1 is 1.29 bits per heavy atom. The molecule has 0 aliphatic heterocycles. The van der Waals surface area contributed by atoms with Gasteiger partial charge in [-0.3, -0.25) is 4.98 Å². The van der Waals surface area contributed by atoms with Crippen LogP contribution in [0.5, 0.6) is 5.75 Å². The average molecular weight is 286 g/mol. The summed E-state index contributed by atoms with van der Waals surface area (Å²) in [6, 6.07) is 5.18. The second-order valence-corrected chi connectivity index (χ2v) is 4.87. The highest BCUT2D eigenvalue weighted by Gasteiger charge is 2.07. The van der Waals surface area contributed by atoms with Gasteiger partial charge in [-0.2, -0.15) is 0 Å². The third-order valence-corrected chi connectivity index (χ3v) is 3.30. The zero-order valence-electron chi connectivity index (χ0n) is 12.3. The number of hydrogen-bond acceptors (Lipinski definition) is 4. The number of rotatable bonds is 5. The first-order chi connectivity index (χ1) is 10.0. The van der Waals surface area contributed by atoms with Crippen molar-refractivity contribution in [1.29, 1.82) is 0 Å². The summed E-state index contributed by atoms with van der Waals surface area (Å²) in [4.78, 5) is 15.2. The Morgan fingerprint density at radius 2 is 2.05 bits per heavy atom. The number of benzene rings is 1. The lowest BCUT2D eigenvalue weighted by molar-refractivity contribution is 0.0697. The Labute approximate surface area is 123 Å². The molecular formula is C16H18N2O3. The molecule has 1 aromatic heterocycles. The summed E-state index contributed by atoms with van der Waals surface area (Å²) in [7, 11) is 1.61. The predicted octanol–water partition coefficient (Wildman–Crippen LogP) is 3.02. The van der Waals surface area contributed by atoms with E-state index >= 15 is 0 Å². The topological polar surface area (TPSA) is 71.5 Å². The van der Waals surface area contributed by atoms with Crippen molar-refractivity contribution in [2.75, 3.05) is 12.4 Å². The summed E-state index contributed by atoms with van der Waals surface area (Å²) in [6.45, 7) is 4.39. The average Bonchev–Trinajstić information content (AvgIpc) is 2.45. The highest BCUT2D eigenvalue weighted by molar-refractivity contribution is 5.89. The van der Waals surface area contributed by atoms with E-state index in [9.17, 15) is 4.79 Å². The zero-order chi connectivity index (χ0) is 15.4. The van der Waals surface area contributed by atoms with Gasteiger partial charge in [0.1, 0.15) is 5.75 Å². The molecule has 0 aliphatic carbocycles. The summed E-state index contributed by atoms with van der Waals surface area (Å²) >= 11 is 0. The number of carboxylic acid groups (broad SMARTS) is 1. The molecule has 1 aromatic carbocycles. The van der Waals surface area contributed by atoms with E-state index in [1.807, 2.05) is 19.9 Å². The molecular weight excluding hydrogens is 268 g/mol. The number of aryl methyl sites for hydroxylation is 1. The number of anilines is 1. The van der Waals surface area contributed by atoms with Crippen LogP contribution in [0.25, 0.3) is 0 Å². The van der Waals surface area contributed by atoms with Crippen molar-refractivity contribution in [3.8, 4) is 5.75 Å². The Morgan fingerprint density at radius 3 is 2.71 bits per heavy atom. The van der Waals surface area contributed by atoms with Gasteiger partial charge in [0, 0.05) is 18.4 Å². The highest BCUT2D eigenvalue weighted by atomic mass is 16.5. The van der Waals surface area contributed by atoms with Crippen molar-refractivity contribution in [1.82, 2.24) is 4.98 Å². The van der Waals surface area contributed by atoms with Gasteiger partial charge < -0.3 is 15.2 Å². The SMILES string of the molecule is COc1cncc(CNc2cc(C)cc(C(=O)O)c2)c1C. The number of hydrogen-bond donors (Lipinski definition) is 2. The van der Waals surface area contributed by atoms with Gasteiger partial charge in [-0.15, -0.1) is 0 Å². The molecule has 2 N–H and O–H groups in total. The van der Waals surface area contributed by atoms with Crippen LogP contribution in [0.3, 0.4) is 0 Å². The molecule has 0 aliphatic rings. The van der Waals surface area contributed by atoms with Crippen molar-refractivity contribution in [3.63, 3.8) is 0 Å². The van der Waals surface area contributed by atoms with Gasteiger partial charge in [0.15, 0.2) is 0 Å². The molecule has 0 atom stereocenters. The molecule has 0 bridgehead atoms. The van der Waals surface area contributed by atoms with Crippen LogP contribution in [0.15, 0.2) is 30.6 Å². The maximum Gasteiger partial charge on any atom is 0.335 e. The molecule has 5 nitrogen and oxygen atoms in total. The van der Waals surface area contributed by atoms with E-state index in [1.165, 1.54) is 0 Å². The Hall–Kier alpha value is -2.56. The maximum absolute atomic E-state index is 11.1. The van der Waals surface area contributed by atoms with E-state index < -0.39 is 5.97 Å². The number of methoxy groups -OCH3 is 1. The second-order valence-electron chi connectivity index (χ2n) is 4.87. The summed E-state index contributed by atoms with van der Waals surface area (Å²) in [6.07, 6.45) is 3.45. The van der Waals surface area contributed by atoms with Crippen LogP contribution in [-0.2, 0) is 6.54 Å². The van der Waals surface area contributed by atoms with Crippen LogP contribution >= 0.6 is 0 Å². The largest absolute Gasteiger partial charge is 0.495 e. The van der Waals surface area contributed by atoms with E-state index in [-0.39, 0.29) is 5.56 Å². The van der Waals surface area contributed by atoms with Crippen molar-refractivity contribution in [2.45, 2.75) is 20.4 Å². The van der Waals surface area contributed by atoms with Crippen molar-refractivity contribution in [2.24, 2.45) is 0 Å². The van der Waals surface area contributed by atoms with Gasteiger partial charge in [-0.05, 0) is 48.7 Å². The number of nitrogens with zero attached hydrogens (tertiary/aromatic N) is 1. The Balaban J connectivity index is 2.19. The van der Waals surface area contributed by atoms with Gasteiger partial charge in [0.2, 0.25) is 0 Å². The van der Waals surface area contributed by atoms with Gasteiger partial charge in [0.25, 0.3) is 0 Å². The van der Waals surface area contributed by atoms with Gasteiger partial charge in [-0.25, -0.2) is 4.79 Å². The molecule has 0 radical (unpaired) electrons. The Kier molecular flexibility index (Phi) is 4.42. The molecule has 5 heteroatoms. The van der Waals surface area contributed by atoms with Crippen molar-refractivity contribution < 1.29 is 14.6 Å². The summed E-state index contributed by atoms with van der Waals surface area (Å²) in [5.41, 5.74) is 3.98. The molecule has 2 rings (SSSR count). The predicted molar refractivity (Wildman–Crippen MR) is 81.0 cm³/mol. The van der Waals surface area contributed by atoms with E-state index in [1.54, 1.807) is 31.6 Å². The molecule has 2 aromatic rings. The van der Waals surface area contributed by atoms with Crippen LogP contribution in [-0.4, -0.2) is 23.2 Å². The smallest absolute Gasteiger partial charge is 0.335 e. The first kappa shape index (κ1) is 14.8. The third-order valence-electron chi connectivity index (χ3n) is 3.30. The quantitative estimate of drug-likeness (QED) is 0.884. The van der Waals surface area contributed by atoms with E-state index in [0.717, 1.165) is 28.1 Å². The summed E-state index contributed by atoms with van der Waals surface area (Å²) in [5, 5.41) is 12.3. The Bertz CT molecular complexity index is 669. The number of aromatic nitrogens is 1. The van der Waals surface area contributed by atoms with Gasteiger partial charge >= 0.3 is 5.97 Å². The lowest BCUT2D eigenvalue weighted by Crippen LogP contribution is -2.05. The zero-order valence-corrected chi connectivity index (χ0v) is 12.3. The van der Waals surface area contributed by atoms with Crippen LogP contribution in [0.1, 0.15) is 27.0 Å². The molecule has 1 heterocycles. The molecule has 0 amide bonds. The number of nitrogens with one attached hydrogen (secondary N) is 1. The van der Waals surface area contributed by atoms with Crippen LogP contribution in [0, 0.1) is 13.8 Å². The molecule has 21 heavy (non-hydrogen) atoms. The van der Waals surface area contributed by atoms with Gasteiger partial charge in [0.05, 0.1) is 18.9 Å². The number of aromatic carboxylic acids is 1. The lowest BCUT2D eigenvalue weighted by atomic mass is 10.1. The minimum atomic E-state index is -0.930. The maximum atomic E-state index is 11.1. The molecule has 0 fully saturated rings. The fraction of sp³-hybridized carbons (Fsp3) is 0.250. The highest BCUT2D eigenvalue weighted by Crippen LogP contribution is 2.21. The van der Waals surface area contributed by atoms with Crippen molar-refractivity contribution in [3.05, 3.63) is 52.8 Å². The van der Waals surface area contributed by atoms with Crippen LogP contribution in [0.2, 0.25) is 0 Å². The lowest BCUT2D eigenvalue weighted by Gasteiger charge is -2.12. The number of carbonyl (C=O) groups is 1. The minimum Gasteiger partial charge on any atom is -0.495 e. The molecule has 0 spiro atoms. The summed E-state index contributed by atoms with van der Waals surface area (Å²) in [5.74, 6) is -0.189. The van der Waals surface area contributed by atoms with Crippen molar-refractivity contribution >= 4 is 11.7 Å². The monoisotopic (exact) mass is 286 g/mol. The minimum absolute atomic E-state index is 0.276. The molecule has 0 saturated heterocycles. The second kappa shape index (κ2) is 6.26. The fourth-order valence-electron chi connectivity index (χ4n) is 2.14. The fourth-order valence-corrected chi connectivity index (χ4v) is 2.14. The number of pyridine rings is 1. The first-order valence-corrected chi connectivity index (χ1v) is 6.57. The number of ether oxygens (including phenoxy) is 1. The third kappa shape index (κ3) is 3.51. The summed E-state index contributed by atoms with van der Waals surface area (Å²) < 4.78 is 5.24. The molecule has 110 valence electrons. The first-order valence-electron chi connectivity index (χ1n) is 6.57. The molecule has 0 saturated carbocycles.